The van der Waals surface area contributed by atoms with Gasteiger partial charge in [-0.15, -0.1) is 11.6 Å². The van der Waals surface area contributed by atoms with Gasteiger partial charge in [-0.2, -0.15) is 0 Å². The molecular formula is C11H12ClN3O3. The molecule has 0 fully saturated rings. The maximum atomic E-state index is 11.7. The van der Waals surface area contributed by atoms with Crippen LogP contribution < -0.4 is 5.56 Å². The Morgan fingerprint density at radius 1 is 1.39 bits per heavy atom. The molecule has 96 valence electrons. The fourth-order valence-electron chi connectivity index (χ4n) is 1.84. The highest BCUT2D eigenvalue weighted by molar-refractivity contribution is 6.17. The number of fused-ring (bicyclic) bond motifs is 1. The Kier molecular flexibility index (Phi) is 3.66. The third-order valence-corrected chi connectivity index (χ3v) is 3.00. The summed E-state index contributed by atoms with van der Waals surface area (Å²) in [6.07, 6.45) is 1.70. The summed E-state index contributed by atoms with van der Waals surface area (Å²) in [5, 5.41) is 13.7. The molecule has 0 unspecified atom stereocenters. The number of unbranched alkanes of at least 4 members (excludes halogenated alkanes) is 1. The fraction of sp³-hybridized carbons (Fsp3) is 0.364. The minimum absolute atomic E-state index is 0.0773. The molecule has 1 aromatic heterocycles. The largest absolute Gasteiger partial charge is 0.284 e. The molecule has 0 amide bonds. The molecule has 1 aromatic carbocycles. The number of rotatable bonds is 5. The molecule has 7 heteroatoms. The number of aryl methyl sites for hydroxylation is 1. The molecular weight excluding hydrogens is 258 g/mol. The standard InChI is InChI=1S/C11H12ClN3O3/c12-5-1-2-6-14-10-4-3-8(15(17)18)7-9(10)11(16)13-14/h3-4,7H,1-2,5-6H2,(H,13,16). The number of halogens is 1. The van der Waals surface area contributed by atoms with E-state index in [0.717, 1.165) is 12.8 Å². The predicted octanol–water partition coefficient (Wildman–Crippen LogP) is 2.26. The van der Waals surface area contributed by atoms with Gasteiger partial charge >= 0.3 is 0 Å². The van der Waals surface area contributed by atoms with Crippen LogP contribution in [0, 0.1) is 10.1 Å². The zero-order valence-electron chi connectivity index (χ0n) is 9.56. The van der Waals surface area contributed by atoms with E-state index in [9.17, 15) is 14.9 Å². The Hall–Kier alpha value is -1.82. The first-order chi connectivity index (χ1) is 8.63. The second-order valence-corrected chi connectivity index (χ2v) is 4.33. The number of nitro groups is 1. The number of aromatic nitrogens is 2. The first kappa shape index (κ1) is 12.6. The van der Waals surface area contributed by atoms with Crippen LogP contribution in [-0.4, -0.2) is 20.6 Å². The number of hydrogen-bond donors (Lipinski definition) is 1. The van der Waals surface area contributed by atoms with E-state index in [1.807, 2.05) is 0 Å². The average Bonchev–Trinajstić information content (AvgIpc) is 2.66. The molecule has 1 N–H and O–H groups in total. The van der Waals surface area contributed by atoms with Crippen molar-refractivity contribution in [1.29, 1.82) is 0 Å². The van der Waals surface area contributed by atoms with Gasteiger partial charge in [-0.25, -0.2) is 0 Å². The Morgan fingerprint density at radius 3 is 2.83 bits per heavy atom. The summed E-state index contributed by atoms with van der Waals surface area (Å²) in [6, 6.07) is 4.28. The Bertz CT molecular complexity index is 632. The topological polar surface area (TPSA) is 80.9 Å². The van der Waals surface area contributed by atoms with Crippen LogP contribution in [0.2, 0.25) is 0 Å². The molecule has 0 atom stereocenters. The van der Waals surface area contributed by atoms with Gasteiger partial charge in [0.1, 0.15) is 0 Å². The summed E-state index contributed by atoms with van der Waals surface area (Å²) in [7, 11) is 0. The number of hydrogen-bond acceptors (Lipinski definition) is 3. The molecule has 1 heterocycles. The minimum atomic E-state index is -0.510. The summed E-state index contributed by atoms with van der Waals surface area (Å²) in [5.74, 6) is 0.578. The number of H-pyrrole nitrogens is 1. The lowest BCUT2D eigenvalue weighted by Crippen LogP contribution is -2.06. The molecule has 0 radical (unpaired) electrons. The number of nitrogens with zero attached hydrogens (tertiary/aromatic N) is 2. The summed E-state index contributed by atoms with van der Waals surface area (Å²) >= 11 is 5.59. The van der Waals surface area contributed by atoms with Crippen molar-refractivity contribution in [2.75, 3.05) is 5.88 Å². The van der Waals surface area contributed by atoms with E-state index in [4.69, 9.17) is 11.6 Å². The van der Waals surface area contributed by atoms with Gasteiger partial charge in [-0.1, -0.05) is 0 Å². The van der Waals surface area contributed by atoms with Crippen LogP contribution in [0.3, 0.4) is 0 Å². The lowest BCUT2D eigenvalue weighted by Gasteiger charge is -2.02. The van der Waals surface area contributed by atoms with Crippen LogP contribution in [0.25, 0.3) is 10.9 Å². The van der Waals surface area contributed by atoms with Gasteiger partial charge in [0.25, 0.3) is 11.2 Å². The molecule has 0 bridgehead atoms. The molecule has 0 spiro atoms. The van der Waals surface area contributed by atoms with Crippen LogP contribution in [0.5, 0.6) is 0 Å². The SMILES string of the molecule is O=c1[nH]n(CCCCCl)c2ccc([N+](=O)[O-])cc12. The summed E-state index contributed by atoms with van der Waals surface area (Å²) in [4.78, 5) is 21.8. The van der Waals surface area contributed by atoms with Crippen LogP contribution in [0.15, 0.2) is 23.0 Å². The summed E-state index contributed by atoms with van der Waals surface area (Å²) in [6.45, 7) is 0.642. The van der Waals surface area contributed by atoms with Crippen LogP contribution in [-0.2, 0) is 6.54 Å². The fourth-order valence-corrected chi connectivity index (χ4v) is 2.03. The van der Waals surface area contributed by atoms with Gasteiger partial charge in [0, 0.05) is 24.6 Å². The third kappa shape index (κ3) is 2.38. The van der Waals surface area contributed by atoms with Crippen molar-refractivity contribution in [2.24, 2.45) is 0 Å². The number of benzene rings is 1. The zero-order valence-corrected chi connectivity index (χ0v) is 10.3. The molecule has 0 aliphatic heterocycles. The lowest BCUT2D eigenvalue weighted by atomic mass is 10.2. The molecule has 2 rings (SSSR count). The van der Waals surface area contributed by atoms with E-state index < -0.39 is 4.92 Å². The van der Waals surface area contributed by atoms with Crippen LogP contribution in [0.1, 0.15) is 12.8 Å². The normalized spacial score (nSPS) is 10.9. The second-order valence-electron chi connectivity index (χ2n) is 3.95. The van der Waals surface area contributed by atoms with Crippen molar-refractivity contribution < 1.29 is 4.92 Å². The highest BCUT2D eigenvalue weighted by atomic mass is 35.5. The maximum Gasteiger partial charge on any atom is 0.272 e. The van der Waals surface area contributed by atoms with Crippen LogP contribution in [0.4, 0.5) is 5.69 Å². The van der Waals surface area contributed by atoms with Gasteiger partial charge in [0.15, 0.2) is 0 Å². The molecule has 0 saturated heterocycles. The molecule has 2 aromatic rings. The van der Waals surface area contributed by atoms with Gasteiger partial charge in [-0.05, 0) is 18.9 Å². The van der Waals surface area contributed by atoms with Crippen LogP contribution >= 0.6 is 11.6 Å². The smallest absolute Gasteiger partial charge is 0.272 e. The van der Waals surface area contributed by atoms with E-state index >= 15 is 0 Å². The third-order valence-electron chi connectivity index (χ3n) is 2.73. The monoisotopic (exact) mass is 269 g/mol. The summed E-state index contributed by atoms with van der Waals surface area (Å²) < 4.78 is 1.70. The summed E-state index contributed by atoms with van der Waals surface area (Å²) in [5.41, 5.74) is 0.297. The van der Waals surface area contributed by atoms with Gasteiger partial charge in [0.05, 0.1) is 15.8 Å². The molecule has 0 saturated carbocycles. The first-order valence-electron chi connectivity index (χ1n) is 5.56. The molecule has 0 aliphatic carbocycles. The lowest BCUT2D eigenvalue weighted by molar-refractivity contribution is -0.384. The predicted molar refractivity (Wildman–Crippen MR) is 69.2 cm³/mol. The van der Waals surface area contributed by atoms with E-state index in [0.29, 0.717) is 23.3 Å². The van der Waals surface area contributed by atoms with Crippen molar-refractivity contribution in [3.8, 4) is 0 Å². The van der Waals surface area contributed by atoms with E-state index in [2.05, 4.69) is 5.10 Å². The molecule has 18 heavy (non-hydrogen) atoms. The Labute approximate surface area is 107 Å². The maximum absolute atomic E-state index is 11.7. The molecule has 0 aliphatic rings. The van der Waals surface area contributed by atoms with Crippen molar-refractivity contribution in [3.05, 3.63) is 38.7 Å². The highest BCUT2D eigenvalue weighted by Crippen LogP contribution is 2.18. The van der Waals surface area contributed by atoms with E-state index in [1.54, 1.807) is 10.7 Å². The van der Waals surface area contributed by atoms with Gasteiger partial charge in [0.2, 0.25) is 0 Å². The number of non-ortho nitro benzene ring substituents is 1. The Morgan fingerprint density at radius 2 is 2.17 bits per heavy atom. The molecule has 6 nitrogen and oxygen atoms in total. The van der Waals surface area contributed by atoms with E-state index in [-0.39, 0.29) is 11.2 Å². The number of alkyl halides is 1. The van der Waals surface area contributed by atoms with Crippen molar-refractivity contribution in [2.45, 2.75) is 19.4 Å². The second kappa shape index (κ2) is 5.22. The van der Waals surface area contributed by atoms with Gasteiger partial charge in [-0.3, -0.25) is 24.7 Å². The number of nitro benzene ring substituents is 1. The zero-order chi connectivity index (χ0) is 13.1. The highest BCUT2D eigenvalue weighted by Gasteiger charge is 2.12. The number of nitrogens with one attached hydrogen (secondary N) is 1. The minimum Gasteiger partial charge on any atom is -0.284 e. The average molecular weight is 270 g/mol. The van der Waals surface area contributed by atoms with Crippen molar-refractivity contribution >= 4 is 28.2 Å². The van der Waals surface area contributed by atoms with Crippen molar-refractivity contribution in [1.82, 2.24) is 9.78 Å². The van der Waals surface area contributed by atoms with Crippen molar-refractivity contribution in [3.63, 3.8) is 0 Å². The van der Waals surface area contributed by atoms with E-state index in [1.165, 1.54) is 12.1 Å². The number of aromatic amines is 1. The Balaban J connectivity index is 2.39. The quantitative estimate of drug-likeness (QED) is 0.391. The first-order valence-corrected chi connectivity index (χ1v) is 6.10. The van der Waals surface area contributed by atoms with Gasteiger partial charge < -0.3 is 0 Å².